The van der Waals surface area contributed by atoms with E-state index in [9.17, 15) is 5.26 Å². The molecule has 3 rings (SSSR count). The smallest absolute Gasteiger partial charge is 0.236 e. The molecular weight excluding hydrogens is 290 g/mol. The maximum Gasteiger partial charge on any atom is 0.236 e. The molecule has 2 heterocycles. The Hall–Kier alpha value is -1.90. The fraction of sp³-hybridized carbons (Fsp3) is 0.400. The lowest BCUT2D eigenvalue weighted by atomic mass is 9.82. The minimum Gasteiger partial charge on any atom is -0.423 e. The standard InChI is InChI=1S/C15H14ClN3O2/c16-12-3-1-11(2-4-12)9-13-18-19-14(21-13)15(10-17)5-7-20-8-6-15/h1-4H,5-9H2. The highest BCUT2D eigenvalue weighted by molar-refractivity contribution is 6.30. The topological polar surface area (TPSA) is 71.9 Å². The molecule has 1 saturated heterocycles. The van der Waals surface area contributed by atoms with Crippen LogP contribution in [0.15, 0.2) is 28.7 Å². The van der Waals surface area contributed by atoms with Crippen LogP contribution in [0.2, 0.25) is 5.02 Å². The first-order chi connectivity index (χ1) is 10.2. The van der Waals surface area contributed by atoms with Gasteiger partial charge in [-0.2, -0.15) is 5.26 Å². The van der Waals surface area contributed by atoms with Gasteiger partial charge >= 0.3 is 0 Å². The number of halogens is 1. The third kappa shape index (κ3) is 2.92. The normalized spacial score (nSPS) is 17.3. The maximum absolute atomic E-state index is 9.48. The van der Waals surface area contributed by atoms with Crippen molar-refractivity contribution in [3.05, 3.63) is 46.6 Å². The molecule has 21 heavy (non-hydrogen) atoms. The quantitative estimate of drug-likeness (QED) is 0.872. The zero-order valence-electron chi connectivity index (χ0n) is 11.4. The second-order valence-electron chi connectivity index (χ2n) is 5.11. The van der Waals surface area contributed by atoms with Crippen LogP contribution in [0.5, 0.6) is 0 Å². The van der Waals surface area contributed by atoms with Crippen LogP contribution < -0.4 is 0 Å². The Balaban J connectivity index is 1.79. The van der Waals surface area contributed by atoms with Crippen molar-refractivity contribution in [2.45, 2.75) is 24.7 Å². The SMILES string of the molecule is N#CC1(c2nnc(Cc3ccc(Cl)cc3)o2)CCOCC1. The van der Waals surface area contributed by atoms with Crippen molar-refractivity contribution in [2.24, 2.45) is 0 Å². The zero-order valence-corrected chi connectivity index (χ0v) is 12.1. The Bertz CT molecular complexity index is 654. The van der Waals surface area contributed by atoms with E-state index in [1.807, 2.05) is 24.3 Å². The van der Waals surface area contributed by atoms with E-state index in [0.29, 0.717) is 49.3 Å². The lowest BCUT2D eigenvalue weighted by molar-refractivity contribution is 0.0591. The predicted octanol–water partition coefficient (Wildman–Crippen LogP) is 2.89. The van der Waals surface area contributed by atoms with Gasteiger partial charge in [-0.1, -0.05) is 23.7 Å². The third-order valence-electron chi connectivity index (χ3n) is 3.71. The summed E-state index contributed by atoms with van der Waals surface area (Å²) in [4.78, 5) is 0. The first kappa shape index (κ1) is 14.1. The first-order valence-electron chi connectivity index (χ1n) is 6.78. The number of hydrogen-bond donors (Lipinski definition) is 0. The van der Waals surface area contributed by atoms with E-state index < -0.39 is 5.41 Å². The van der Waals surface area contributed by atoms with E-state index in [2.05, 4.69) is 16.3 Å². The largest absolute Gasteiger partial charge is 0.423 e. The van der Waals surface area contributed by atoms with Crippen molar-refractivity contribution in [1.29, 1.82) is 5.26 Å². The van der Waals surface area contributed by atoms with E-state index >= 15 is 0 Å². The number of nitrogens with zero attached hydrogens (tertiary/aromatic N) is 3. The summed E-state index contributed by atoms with van der Waals surface area (Å²) in [7, 11) is 0. The Morgan fingerprint density at radius 3 is 2.57 bits per heavy atom. The minimum atomic E-state index is -0.705. The van der Waals surface area contributed by atoms with Gasteiger partial charge in [-0.25, -0.2) is 0 Å². The Kier molecular flexibility index (Phi) is 3.91. The minimum absolute atomic E-state index is 0.400. The van der Waals surface area contributed by atoms with Crippen molar-refractivity contribution in [2.75, 3.05) is 13.2 Å². The van der Waals surface area contributed by atoms with Crippen LogP contribution >= 0.6 is 11.6 Å². The molecule has 0 radical (unpaired) electrons. The molecule has 0 bridgehead atoms. The molecule has 0 spiro atoms. The van der Waals surface area contributed by atoms with Crippen LogP contribution in [-0.2, 0) is 16.6 Å². The van der Waals surface area contributed by atoms with Crippen LogP contribution in [0.4, 0.5) is 0 Å². The molecule has 2 aromatic rings. The third-order valence-corrected chi connectivity index (χ3v) is 3.96. The summed E-state index contributed by atoms with van der Waals surface area (Å²) < 4.78 is 11.0. The van der Waals surface area contributed by atoms with Crippen LogP contribution in [0.25, 0.3) is 0 Å². The Morgan fingerprint density at radius 1 is 1.19 bits per heavy atom. The zero-order chi connectivity index (χ0) is 14.7. The van der Waals surface area contributed by atoms with Gasteiger partial charge in [0.15, 0.2) is 0 Å². The second kappa shape index (κ2) is 5.84. The van der Waals surface area contributed by atoms with Crippen molar-refractivity contribution >= 4 is 11.6 Å². The van der Waals surface area contributed by atoms with Gasteiger partial charge in [0.25, 0.3) is 0 Å². The van der Waals surface area contributed by atoms with E-state index in [-0.39, 0.29) is 0 Å². The van der Waals surface area contributed by atoms with Gasteiger partial charge < -0.3 is 9.15 Å². The number of benzene rings is 1. The molecule has 1 aromatic heterocycles. The van der Waals surface area contributed by atoms with Gasteiger partial charge in [0.05, 0.1) is 12.5 Å². The molecule has 0 amide bonds. The van der Waals surface area contributed by atoms with Crippen LogP contribution in [0, 0.1) is 11.3 Å². The van der Waals surface area contributed by atoms with Gasteiger partial charge in [-0.15, -0.1) is 10.2 Å². The molecule has 6 heteroatoms. The average Bonchev–Trinajstić information content (AvgIpc) is 2.99. The lowest BCUT2D eigenvalue weighted by Crippen LogP contribution is -2.32. The molecule has 1 fully saturated rings. The van der Waals surface area contributed by atoms with Gasteiger partial charge in [0.2, 0.25) is 11.8 Å². The number of hydrogen-bond acceptors (Lipinski definition) is 5. The summed E-state index contributed by atoms with van der Waals surface area (Å²) in [5.74, 6) is 0.908. The summed E-state index contributed by atoms with van der Waals surface area (Å²) >= 11 is 5.86. The van der Waals surface area contributed by atoms with Crippen molar-refractivity contribution < 1.29 is 9.15 Å². The van der Waals surface area contributed by atoms with E-state index in [0.717, 1.165) is 5.56 Å². The molecule has 1 aliphatic rings. The molecule has 0 aliphatic carbocycles. The summed E-state index contributed by atoms with van der Waals surface area (Å²) in [5.41, 5.74) is 0.330. The maximum atomic E-state index is 9.48. The highest BCUT2D eigenvalue weighted by atomic mass is 35.5. The molecule has 0 N–H and O–H groups in total. The molecule has 0 unspecified atom stereocenters. The van der Waals surface area contributed by atoms with Crippen LogP contribution in [-0.4, -0.2) is 23.4 Å². The van der Waals surface area contributed by atoms with Gasteiger partial charge in [-0.05, 0) is 30.5 Å². The van der Waals surface area contributed by atoms with Crippen molar-refractivity contribution in [3.8, 4) is 6.07 Å². The summed E-state index contributed by atoms with van der Waals surface area (Å²) in [5, 5.41) is 18.3. The van der Waals surface area contributed by atoms with Gasteiger partial charge in [0.1, 0.15) is 5.41 Å². The number of aromatic nitrogens is 2. The van der Waals surface area contributed by atoms with E-state index in [1.54, 1.807) is 0 Å². The van der Waals surface area contributed by atoms with Crippen molar-refractivity contribution in [1.82, 2.24) is 10.2 Å². The molecule has 108 valence electrons. The lowest BCUT2D eigenvalue weighted by Gasteiger charge is -2.26. The fourth-order valence-corrected chi connectivity index (χ4v) is 2.51. The second-order valence-corrected chi connectivity index (χ2v) is 5.55. The van der Waals surface area contributed by atoms with E-state index in [4.69, 9.17) is 20.8 Å². The molecule has 5 nitrogen and oxygen atoms in total. The number of nitriles is 1. The fourth-order valence-electron chi connectivity index (χ4n) is 2.39. The monoisotopic (exact) mass is 303 g/mol. The van der Waals surface area contributed by atoms with E-state index in [1.165, 1.54) is 0 Å². The Morgan fingerprint density at radius 2 is 1.90 bits per heavy atom. The predicted molar refractivity (Wildman–Crippen MR) is 75.9 cm³/mol. The van der Waals surface area contributed by atoms with Crippen molar-refractivity contribution in [3.63, 3.8) is 0 Å². The number of rotatable bonds is 3. The summed E-state index contributed by atoms with van der Waals surface area (Å²) in [6.07, 6.45) is 1.71. The average molecular weight is 304 g/mol. The highest BCUT2D eigenvalue weighted by Crippen LogP contribution is 2.33. The molecular formula is C15H14ClN3O2. The Labute approximate surface area is 127 Å². The van der Waals surface area contributed by atoms with Crippen LogP contribution in [0.3, 0.4) is 0 Å². The summed E-state index contributed by atoms with van der Waals surface area (Å²) in [6.45, 7) is 1.09. The molecule has 0 atom stereocenters. The molecule has 1 aromatic carbocycles. The number of ether oxygens (including phenoxy) is 1. The summed E-state index contributed by atoms with van der Waals surface area (Å²) in [6, 6.07) is 9.81. The molecule has 1 aliphatic heterocycles. The van der Waals surface area contributed by atoms with Gasteiger partial charge in [0, 0.05) is 18.2 Å². The highest BCUT2D eigenvalue weighted by Gasteiger charge is 2.40. The van der Waals surface area contributed by atoms with Gasteiger partial charge in [-0.3, -0.25) is 0 Å². The van der Waals surface area contributed by atoms with Crippen LogP contribution in [0.1, 0.15) is 30.2 Å². The first-order valence-corrected chi connectivity index (χ1v) is 7.16. The molecule has 0 saturated carbocycles.